The molecule has 5 nitrogen and oxygen atoms in total. The van der Waals surface area contributed by atoms with E-state index in [1.54, 1.807) is 36.5 Å². The molecular weight excluding hydrogens is 358 g/mol. The van der Waals surface area contributed by atoms with Gasteiger partial charge in [-0.2, -0.15) is 0 Å². The molecule has 1 aromatic carbocycles. The van der Waals surface area contributed by atoms with E-state index >= 15 is 0 Å². The summed E-state index contributed by atoms with van der Waals surface area (Å²) >= 11 is 9.14. The van der Waals surface area contributed by atoms with Crippen LogP contribution in [0.15, 0.2) is 45.8 Å². The molecule has 0 atom stereocenters. The Morgan fingerprint density at radius 1 is 1.38 bits per heavy atom. The lowest BCUT2D eigenvalue weighted by Gasteiger charge is -2.09. The maximum atomic E-state index is 11.9. The van der Waals surface area contributed by atoms with Crippen molar-refractivity contribution in [3.63, 3.8) is 0 Å². The second-order valence-corrected chi connectivity index (χ2v) is 5.65. The van der Waals surface area contributed by atoms with Gasteiger partial charge < -0.3 is 15.6 Å². The molecule has 0 aliphatic heterocycles. The van der Waals surface area contributed by atoms with Crippen molar-refractivity contribution >= 4 is 44.8 Å². The molecule has 0 aliphatic carbocycles. The van der Waals surface area contributed by atoms with E-state index in [-0.39, 0.29) is 24.4 Å². The van der Waals surface area contributed by atoms with E-state index < -0.39 is 0 Å². The number of hydrogen-bond acceptors (Lipinski definition) is 3. The number of carbonyl (C=O) groups excluding carboxylic acids is 1. The maximum absolute atomic E-state index is 11.9. The van der Waals surface area contributed by atoms with Crippen LogP contribution in [-0.2, 0) is 11.3 Å². The number of carbonyl (C=O) groups is 1. The topological polar surface area (TPSA) is 77.1 Å². The number of nitrogens with zero attached hydrogens (tertiary/aromatic N) is 1. The summed E-state index contributed by atoms with van der Waals surface area (Å²) in [7, 11) is 0. The number of aryl methyl sites for hydroxylation is 1. The fourth-order valence-corrected chi connectivity index (χ4v) is 2.37. The highest BCUT2D eigenvalue weighted by atomic mass is 79.9. The second kappa shape index (κ2) is 6.78. The van der Waals surface area contributed by atoms with E-state index in [1.807, 2.05) is 0 Å². The Balaban J connectivity index is 1.99. The first-order chi connectivity index (χ1) is 9.97. The van der Waals surface area contributed by atoms with Crippen molar-refractivity contribution in [2.75, 3.05) is 11.1 Å². The third-order valence-electron chi connectivity index (χ3n) is 2.82. The first-order valence-electron chi connectivity index (χ1n) is 6.17. The van der Waals surface area contributed by atoms with Gasteiger partial charge in [-0.1, -0.05) is 11.6 Å². The van der Waals surface area contributed by atoms with Gasteiger partial charge in [0.05, 0.1) is 15.2 Å². The lowest BCUT2D eigenvalue weighted by molar-refractivity contribution is -0.116. The average Bonchev–Trinajstić information content (AvgIpc) is 2.43. The zero-order valence-corrected chi connectivity index (χ0v) is 13.3. The minimum atomic E-state index is -0.228. The van der Waals surface area contributed by atoms with Crippen LogP contribution in [0.3, 0.4) is 0 Å². The van der Waals surface area contributed by atoms with Crippen LogP contribution in [0.1, 0.15) is 6.42 Å². The summed E-state index contributed by atoms with van der Waals surface area (Å²) in [5.74, 6) is -0.228. The van der Waals surface area contributed by atoms with Crippen LogP contribution < -0.4 is 16.6 Å². The molecule has 0 spiro atoms. The van der Waals surface area contributed by atoms with Gasteiger partial charge in [-0.25, -0.2) is 0 Å². The monoisotopic (exact) mass is 369 g/mol. The third-order valence-corrected chi connectivity index (χ3v) is 3.74. The molecular formula is C14H13BrClN3O2. The molecule has 110 valence electrons. The Kier molecular flexibility index (Phi) is 5.03. The Labute approximate surface area is 134 Å². The molecule has 3 N–H and O–H groups in total. The van der Waals surface area contributed by atoms with Crippen LogP contribution in [0.25, 0.3) is 0 Å². The maximum Gasteiger partial charge on any atom is 0.264 e. The van der Waals surface area contributed by atoms with Crippen LogP contribution >= 0.6 is 27.5 Å². The largest absolute Gasteiger partial charge is 0.399 e. The fourth-order valence-electron chi connectivity index (χ4n) is 1.75. The standard InChI is InChI=1S/C14H13BrClN3O2/c15-10-2-1-6-19(14(10)21)7-5-13(20)18-12-4-3-9(17)8-11(12)16/h1-4,6,8H,5,7,17H2,(H,18,20). The number of nitrogens with one attached hydrogen (secondary N) is 1. The number of rotatable bonds is 4. The van der Waals surface area contributed by atoms with Gasteiger partial charge in [-0.05, 0) is 46.3 Å². The molecule has 1 aromatic heterocycles. The van der Waals surface area contributed by atoms with Crippen molar-refractivity contribution in [2.45, 2.75) is 13.0 Å². The molecule has 0 radical (unpaired) electrons. The highest BCUT2D eigenvalue weighted by Crippen LogP contribution is 2.24. The Morgan fingerprint density at radius 3 is 2.86 bits per heavy atom. The molecule has 0 saturated carbocycles. The molecule has 0 saturated heterocycles. The first-order valence-corrected chi connectivity index (χ1v) is 7.34. The Morgan fingerprint density at radius 2 is 2.14 bits per heavy atom. The Bertz CT molecular complexity index is 730. The second-order valence-electron chi connectivity index (χ2n) is 4.39. The molecule has 0 bridgehead atoms. The SMILES string of the molecule is Nc1ccc(NC(=O)CCn2cccc(Br)c2=O)c(Cl)c1. The summed E-state index contributed by atoms with van der Waals surface area (Å²) in [6.45, 7) is 0.288. The molecule has 0 aliphatic rings. The van der Waals surface area contributed by atoms with Gasteiger partial charge in [0.1, 0.15) is 0 Å². The molecule has 2 aromatic rings. The van der Waals surface area contributed by atoms with Gasteiger partial charge in [0.2, 0.25) is 5.91 Å². The van der Waals surface area contributed by atoms with Gasteiger partial charge in [0.15, 0.2) is 0 Å². The third kappa shape index (κ3) is 4.09. The minimum absolute atomic E-state index is 0.164. The van der Waals surface area contributed by atoms with Crippen LogP contribution in [0.2, 0.25) is 5.02 Å². The van der Waals surface area contributed by atoms with Gasteiger partial charge in [-0.3, -0.25) is 9.59 Å². The van der Waals surface area contributed by atoms with Crippen LogP contribution in [-0.4, -0.2) is 10.5 Å². The number of anilines is 2. The van der Waals surface area contributed by atoms with Crippen LogP contribution in [0.5, 0.6) is 0 Å². The van der Waals surface area contributed by atoms with Crippen molar-refractivity contribution in [3.05, 3.63) is 56.4 Å². The van der Waals surface area contributed by atoms with E-state index in [1.165, 1.54) is 4.57 Å². The van der Waals surface area contributed by atoms with Crippen molar-refractivity contribution < 1.29 is 4.79 Å². The predicted octanol–water partition coefficient (Wildman–Crippen LogP) is 2.88. The molecule has 0 fully saturated rings. The number of amides is 1. The van der Waals surface area contributed by atoms with Gasteiger partial charge >= 0.3 is 0 Å². The summed E-state index contributed by atoms with van der Waals surface area (Å²) in [6, 6.07) is 8.25. The number of hydrogen-bond donors (Lipinski definition) is 2. The van der Waals surface area contributed by atoms with Crippen molar-refractivity contribution in [1.29, 1.82) is 0 Å². The summed E-state index contributed by atoms with van der Waals surface area (Å²) in [6.07, 6.45) is 1.80. The normalized spacial score (nSPS) is 10.4. The summed E-state index contributed by atoms with van der Waals surface area (Å²) in [5.41, 5.74) is 6.44. The Hall–Kier alpha value is -1.79. The number of nitrogens with two attached hydrogens (primary N) is 1. The molecule has 7 heteroatoms. The van der Waals surface area contributed by atoms with E-state index in [0.717, 1.165) is 0 Å². The van der Waals surface area contributed by atoms with Crippen LogP contribution in [0.4, 0.5) is 11.4 Å². The fraction of sp³-hybridized carbons (Fsp3) is 0.143. The van der Waals surface area contributed by atoms with E-state index in [2.05, 4.69) is 21.2 Å². The molecule has 2 rings (SSSR count). The van der Waals surface area contributed by atoms with E-state index in [0.29, 0.717) is 20.9 Å². The zero-order chi connectivity index (χ0) is 15.4. The lowest BCUT2D eigenvalue weighted by Crippen LogP contribution is -2.23. The highest BCUT2D eigenvalue weighted by Gasteiger charge is 2.07. The number of halogens is 2. The van der Waals surface area contributed by atoms with Gasteiger partial charge in [-0.15, -0.1) is 0 Å². The summed E-state index contributed by atoms with van der Waals surface area (Å²) in [5, 5.41) is 3.07. The lowest BCUT2D eigenvalue weighted by atomic mass is 10.2. The number of benzene rings is 1. The zero-order valence-electron chi connectivity index (χ0n) is 11.0. The average molecular weight is 371 g/mol. The van der Waals surface area contributed by atoms with E-state index in [9.17, 15) is 9.59 Å². The van der Waals surface area contributed by atoms with Crippen LogP contribution in [0, 0.1) is 0 Å². The van der Waals surface area contributed by atoms with Crippen molar-refractivity contribution in [1.82, 2.24) is 4.57 Å². The van der Waals surface area contributed by atoms with E-state index in [4.69, 9.17) is 17.3 Å². The molecule has 1 amide bonds. The van der Waals surface area contributed by atoms with Crippen molar-refractivity contribution in [3.8, 4) is 0 Å². The predicted molar refractivity (Wildman–Crippen MR) is 87.5 cm³/mol. The number of aromatic nitrogens is 1. The minimum Gasteiger partial charge on any atom is -0.399 e. The summed E-state index contributed by atoms with van der Waals surface area (Å²) < 4.78 is 1.93. The number of pyridine rings is 1. The first kappa shape index (κ1) is 15.6. The quantitative estimate of drug-likeness (QED) is 0.812. The molecule has 1 heterocycles. The summed E-state index contributed by atoms with van der Waals surface area (Å²) in [4.78, 5) is 23.7. The molecule has 0 unspecified atom stereocenters. The smallest absolute Gasteiger partial charge is 0.264 e. The van der Waals surface area contributed by atoms with Gasteiger partial charge in [0, 0.05) is 24.8 Å². The van der Waals surface area contributed by atoms with Gasteiger partial charge in [0.25, 0.3) is 5.56 Å². The number of nitrogen functional groups attached to an aromatic ring is 1. The highest BCUT2D eigenvalue weighted by molar-refractivity contribution is 9.10. The molecule has 21 heavy (non-hydrogen) atoms. The van der Waals surface area contributed by atoms with Crippen molar-refractivity contribution in [2.24, 2.45) is 0 Å².